The van der Waals surface area contributed by atoms with Crippen molar-refractivity contribution in [2.45, 2.75) is 0 Å². The third kappa shape index (κ3) is 4.48. The number of para-hydroxylation sites is 1. The van der Waals surface area contributed by atoms with Gasteiger partial charge in [0.1, 0.15) is 11.5 Å². The van der Waals surface area contributed by atoms with Gasteiger partial charge in [0.25, 0.3) is 11.5 Å². The van der Waals surface area contributed by atoms with Gasteiger partial charge in [-0.25, -0.2) is 4.98 Å². The number of hydrogen-bond acceptors (Lipinski definition) is 8. The molecule has 1 amide bonds. The maximum atomic E-state index is 13.5. The molecule has 0 saturated carbocycles. The predicted molar refractivity (Wildman–Crippen MR) is 134 cm³/mol. The molecule has 0 saturated heterocycles. The van der Waals surface area contributed by atoms with E-state index in [0.29, 0.717) is 45.2 Å². The molecular formula is C26H25N3O7. The van der Waals surface area contributed by atoms with Crippen molar-refractivity contribution < 1.29 is 28.5 Å². The lowest BCUT2D eigenvalue weighted by Gasteiger charge is -2.17. The zero-order valence-electron chi connectivity index (χ0n) is 20.4. The Labute approximate surface area is 206 Å². The van der Waals surface area contributed by atoms with Crippen molar-refractivity contribution in [3.8, 4) is 40.1 Å². The summed E-state index contributed by atoms with van der Waals surface area (Å²) in [6.45, 7) is 0. The molecule has 10 nitrogen and oxygen atoms in total. The molecule has 4 aromatic rings. The Bertz CT molecular complexity index is 1450. The molecule has 1 aromatic heterocycles. The van der Waals surface area contributed by atoms with Crippen molar-refractivity contribution in [3.63, 3.8) is 0 Å². The first kappa shape index (κ1) is 24.4. The van der Waals surface area contributed by atoms with Crippen LogP contribution in [0, 0.1) is 0 Å². The highest BCUT2D eigenvalue weighted by molar-refractivity contribution is 6.01. The third-order valence-corrected chi connectivity index (χ3v) is 5.53. The fourth-order valence-corrected chi connectivity index (χ4v) is 3.74. The van der Waals surface area contributed by atoms with E-state index in [0.717, 1.165) is 4.68 Å². The molecule has 0 fully saturated rings. The van der Waals surface area contributed by atoms with E-state index in [2.05, 4.69) is 10.4 Å². The summed E-state index contributed by atoms with van der Waals surface area (Å²) in [6, 6.07) is 14.9. The van der Waals surface area contributed by atoms with Gasteiger partial charge < -0.3 is 23.7 Å². The van der Waals surface area contributed by atoms with Gasteiger partial charge in [-0.15, -0.1) is 0 Å². The summed E-state index contributed by atoms with van der Waals surface area (Å²) in [6.07, 6.45) is 0. The molecule has 4 rings (SSSR count). The lowest BCUT2D eigenvalue weighted by atomic mass is 10.1. The average Bonchev–Trinajstić information content (AvgIpc) is 2.92. The van der Waals surface area contributed by atoms with E-state index < -0.39 is 11.5 Å². The SMILES string of the molecule is COc1cc(OC)cc(-c2nc3ccccc3c(=O)n2NC(=O)c2cc(OC)c(OC)c(OC)c2)c1. The predicted octanol–water partition coefficient (Wildman–Crippen LogP) is 3.49. The summed E-state index contributed by atoms with van der Waals surface area (Å²) >= 11 is 0. The van der Waals surface area contributed by atoms with Crippen molar-refractivity contribution in [2.75, 3.05) is 41.0 Å². The number of ether oxygens (including phenoxy) is 5. The van der Waals surface area contributed by atoms with Crippen LogP contribution in [-0.2, 0) is 0 Å². The molecule has 0 radical (unpaired) electrons. The van der Waals surface area contributed by atoms with Gasteiger partial charge in [-0.3, -0.25) is 15.0 Å². The number of rotatable bonds is 8. The summed E-state index contributed by atoms with van der Waals surface area (Å²) in [5.41, 5.74) is 3.36. The van der Waals surface area contributed by atoms with E-state index in [1.807, 2.05) is 0 Å². The van der Waals surface area contributed by atoms with Gasteiger partial charge in [0.2, 0.25) is 5.75 Å². The number of nitrogens with zero attached hydrogens (tertiary/aromatic N) is 2. The number of hydrogen-bond donors (Lipinski definition) is 1. The van der Waals surface area contributed by atoms with Crippen molar-refractivity contribution in [3.05, 3.63) is 70.5 Å². The number of methoxy groups -OCH3 is 5. The standard InChI is InChI=1S/C26H25N3O7/c1-32-17-10-15(11-18(14-17)33-2)24-27-20-9-7-6-8-19(20)26(31)29(24)28-25(30)16-12-21(34-3)23(36-5)22(13-16)35-4/h6-14H,1-5H3,(H,28,30). The Morgan fingerprint density at radius 2 is 1.42 bits per heavy atom. The minimum Gasteiger partial charge on any atom is -0.497 e. The summed E-state index contributed by atoms with van der Waals surface area (Å²) in [7, 11) is 7.41. The second-order valence-electron chi connectivity index (χ2n) is 7.55. The van der Waals surface area contributed by atoms with E-state index in [1.54, 1.807) is 42.5 Å². The number of carbonyl (C=O) groups is 1. The maximum absolute atomic E-state index is 13.5. The van der Waals surface area contributed by atoms with E-state index in [4.69, 9.17) is 23.7 Å². The molecule has 0 aliphatic carbocycles. The number of aromatic nitrogens is 2. The summed E-state index contributed by atoms with van der Waals surface area (Å²) in [4.78, 5) is 31.6. The van der Waals surface area contributed by atoms with Crippen LogP contribution in [0.15, 0.2) is 59.4 Å². The Morgan fingerprint density at radius 3 is 1.97 bits per heavy atom. The first-order valence-corrected chi connectivity index (χ1v) is 10.8. The smallest absolute Gasteiger partial charge is 0.280 e. The molecule has 0 unspecified atom stereocenters. The van der Waals surface area contributed by atoms with E-state index in [9.17, 15) is 9.59 Å². The van der Waals surface area contributed by atoms with Crippen LogP contribution in [0.2, 0.25) is 0 Å². The molecule has 1 N–H and O–H groups in total. The Kier molecular flexibility index (Phi) is 6.95. The number of carbonyl (C=O) groups excluding carboxylic acids is 1. The summed E-state index contributed by atoms with van der Waals surface area (Å²) < 4.78 is 27.9. The van der Waals surface area contributed by atoms with Gasteiger partial charge in [0.15, 0.2) is 17.3 Å². The Balaban J connectivity index is 1.90. The third-order valence-electron chi connectivity index (χ3n) is 5.53. The lowest BCUT2D eigenvalue weighted by molar-refractivity contribution is 0.101. The van der Waals surface area contributed by atoms with Crippen molar-refractivity contribution in [2.24, 2.45) is 0 Å². The van der Waals surface area contributed by atoms with Crippen LogP contribution >= 0.6 is 0 Å². The molecule has 0 bridgehead atoms. The molecule has 10 heteroatoms. The number of amides is 1. The van der Waals surface area contributed by atoms with Crippen LogP contribution in [0.25, 0.3) is 22.3 Å². The van der Waals surface area contributed by atoms with Gasteiger partial charge in [0, 0.05) is 17.2 Å². The zero-order valence-corrected chi connectivity index (χ0v) is 20.4. The second kappa shape index (κ2) is 10.3. The van der Waals surface area contributed by atoms with Crippen molar-refractivity contribution >= 4 is 16.8 Å². The van der Waals surface area contributed by atoms with Gasteiger partial charge >= 0.3 is 0 Å². The molecule has 0 spiro atoms. The maximum Gasteiger partial charge on any atom is 0.280 e. The van der Waals surface area contributed by atoms with E-state index in [1.165, 1.54) is 47.7 Å². The number of fused-ring (bicyclic) bond motifs is 1. The van der Waals surface area contributed by atoms with Crippen LogP contribution in [-0.4, -0.2) is 51.1 Å². The monoisotopic (exact) mass is 491 g/mol. The molecule has 3 aromatic carbocycles. The quantitative estimate of drug-likeness (QED) is 0.399. The summed E-state index contributed by atoms with van der Waals surface area (Å²) in [5, 5.41) is 0.335. The molecule has 0 atom stereocenters. The van der Waals surface area contributed by atoms with Crippen molar-refractivity contribution in [1.29, 1.82) is 0 Å². The fraction of sp³-hybridized carbons (Fsp3) is 0.192. The molecule has 0 aliphatic rings. The average molecular weight is 492 g/mol. The Morgan fingerprint density at radius 1 is 0.806 bits per heavy atom. The highest BCUT2D eigenvalue weighted by Gasteiger charge is 2.20. The minimum atomic E-state index is -0.593. The highest BCUT2D eigenvalue weighted by Crippen LogP contribution is 2.38. The van der Waals surface area contributed by atoms with Gasteiger partial charge in [-0.05, 0) is 36.4 Å². The van der Waals surface area contributed by atoms with Crippen LogP contribution < -0.4 is 34.7 Å². The minimum absolute atomic E-state index is 0.179. The van der Waals surface area contributed by atoms with E-state index in [-0.39, 0.29) is 11.4 Å². The molecule has 186 valence electrons. The van der Waals surface area contributed by atoms with Crippen LogP contribution in [0.3, 0.4) is 0 Å². The van der Waals surface area contributed by atoms with Crippen LogP contribution in [0.5, 0.6) is 28.7 Å². The first-order valence-electron chi connectivity index (χ1n) is 10.8. The topological polar surface area (TPSA) is 110 Å². The molecule has 36 heavy (non-hydrogen) atoms. The van der Waals surface area contributed by atoms with Crippen LogP contribution in [0.1, 0.15) is 10.4 Å². The number of nitrogens with one attached hydrogen (secondary N) is 1. The molecular weight excluding hydrogens is 466 g/mol. The van der Waals surface area contributed by atoms with Gasteiger partial charge in [-0.1, -0.05) is 12.1 Å². The number of benzene rings is 3. The normalized spacial score (nSPS) is 10.6. The highest BCUT2D eigenvalue weighted by atomic mass is 16.5. The largest absolute Gasteiger partial charge is 0.497 e. The second-order valence-corrected chi connectivity index (χ2v) is 7.55. The molecule has 0 aliphatic heterocycles. The Hall–Kier alpha value is -4.73. The lowest BCUT2D eigenvalue weighted by Crippen LogP contribution is -2.35. The van der Waals surface area contributed by atoms with Crippen LogP contribution in [0.4, 0.5) is 0 Å². The summed E-state index contributed by atoms with van der Waals surface area (Å²) in [5.74, 6) is 1.52. The fourth-order valence-electron chi connectivity index (χ4n) is 3.74. The molecule has 1 heterocycles. The van der Waals surface area contributed by atoms with E-state index >= 15 is 0 Å². The van der Waals surface area contributed by atoms with Crippen molar-refractivity contribution in [1.82, 2.24) is 9.66 Å². The van der Waals surface area contributed by atoms with Gasteiger partial charge in [-0.2, -0.15) is 4.68 Å². The zero-order chi connectivity index (χ0) is 25.8. The van der Waals surface area contributed by atoms with Gasteiger partial charge in [0.05, 0.1) is 46.5 Å². The first-order chi connectivity index (χ1) is 17.4.